The van der Waals surface area contributed by atoms with E-state index in [4.69, 9.17) is 9.10 Å². The molecule has 293 valence electrons. The monoisotopic (exact) mass is 963 g/mol. The first-order valence-corrected chi connectivity index (χ1v) is 20.7. The van der Waals surface area contributed by atoms with Crippen LogP contribution in [0.15, 0.2) is 158 Å². The number of nitrogens with zero attached hydrogens (tertiary/aromatic N) is 3. The maximum atomic E-state index is 7.23. The van der Waals surface area contributed by atoms with Gasteiger partial charge in [0.25, 0.3) is 0 Å². The van der Waals surface area contributed by atoms with Crippen molar-refractivity contribution in [3.05, 3.63) is 192 Å². The van der Waals surface area contributed by atoms with Gasteiger partial charge in [0.2, 0.25) is 0 Å². The normalized spacial score (nSPS) is 12.3. The molecule has 0 bridgehead atoms. The number of imidazole rings is 1. The van der Waals surface area contributed by atoms with Crippen molar-refractivity contribution in [2.45, 2.75) is 52.9 Å². The van der Waals surface area contributed by atoms with E-state index < -0.39 is 6.85 Å². The van der Waals surface area contributed by atoms with E-state index in [2.05, 4.69) is 164 Å². The van der Waals surface area contributed by atoms with Gasteiger partial charge in [0, 0.05) is 37.0 Å². The maximum absolute atomic E-state index is 7.23. The van der Waals surface area contributed by atoms with Gasteiger partial charge in [-0.25, -0.2) is 0 Å². The van der Waals surface area contributed by atoms with Crippen LogP contribution in [0.3, 0.4) is 0 Å². The molecule has 10 aromatic rings. The molecule has 0 saturated carbocycles. The van der Waals surface area contributed by atoms with E-state index in [9.17, 15) is 0 Å². The van der Waals surface area contributed by atoms with Crippen molar-refractivity contribution < 1.29 is 24.2 Å². The summed E-state index contributed by atoms with van der Waals surface area (Å²) in [6.45, 7) is 7.88. The molecule has 0 amide bonds. The van der Waals surface area contributed by atoms with Crippen molar-refractivity contribution in [2.75, 3.05) is 0 Å². The predicted molar refractivity (Wildman–Crippen MR) is 247 cm³/mol. The SMILES string of the molecule is CC(C)c1cccc(C(C)C)c1Cn1c(-c2[c-]sc3ccc(-c4ccc5ccc6ccccc6c5c4)cc23)nc2ccccc21.[2H]C([2H])([2H])c1ccc(-c2[c-]cccc2)nc1.[Ir]. The molecule has 0 aliphatic rings. The topological polar surface area (TPSA) is 30.7 Å². The molecular weight excluding hydrogens is 915 g/mol. The average molecular weight is 963 g/mol. The zero-order chi connectivity index (χ0) is 42.3. The van der Waals surface area contributed by atoms with Gasteiger partial charge in [-0.15, -0.1) is 41.3 Å². The zero-order valence-electron chi connectivity index (χ0n) is 36.5. The average Bonchev–Trinajstić information content (AvgIpc) is 3.87. The molecule has 0 aliphatic carbocycles. The van der Waals surface area contributed by atoms with Gasteiger partial charge in [0.05, 0.1) is 16.9 Å². The minimum absolute atomic E-state index is 0. The minimum Gasteiger partial charge on any atom is -0.360 e. The first-order valence-electron chi connectivity index (χ1n) is 21.4. The third-order valence-corrected chi connectivity index (χ3v) is 11.9. The van der Waals surface area contributed by atoms with Gasteiger partial charge < -0.3 is 9.55 Å². The van der Waals surface area contributed by atoms with E-state index in [1.165, 1.54) is 65.6 Å². The summed E-state index contributed by atoms with van der Waals surface area (Å²) in [5.74, 6) is 1.86. The fraction of sp³-hybridized carbons (Fsp3) is 0.148. The van der Waals surface area contributed by atoms with Gasteiger partial charge in [0.15, 0.2) is 0 Å². The Morgan fingerprint density at radius 3 is 2.10 bits per heavy atom. The molecule has 0 N–H and O–H groups in total. The maximum Gasteiger partial charge on any atom is 0.0770 e. The second-order valence-corrected chi connectivity index (χ2v) is 16.3. The molecular formula is C54H45IrN3S-2. The summed E-state index contributed by atoms with van der Waals surface area (Å²) < 4.78 is 25.4. The number of fused-ring (bicyclic) bond motifs is 5. The number of pyridine rings is 1. The van der Waals surface area contributed by atoms with E-state index in [0.29, 0.717) is 11.8 Å². The number of para-hydroxylation sites is 2. The van der Waals surface area contributed by atoms with Crippen molar-refractivity contribution in [1.29, 1.82) is 0 Å². The number of aromatic nitrogens is 3. The van der Waals surface area contributed by atoms with Crippen LogP contribution in [0.25, 0.3) is 76.4 Å². The first-order chi connectivity index (χ1) is 29.5. The van der Waals surface area contributed by atoms with Crippen LogP contribution in [0.2, 0.25) is 0 Å². The van der Waals surface area contributed by atoms with E-state index in [1.807, 2.05) is 18.2 Å². The molecule has 3 aromatic heterocycles. The van der Waals surface area contributed by atoms with Crippen LogP contribution in [0.1, 0.15) is 65.9 Å². The summed E-state index contributed by atoms with van der Waals surface area (Å²) in [5.41, 5.74) is 11.8. The van der Waals surface area contributed by atoms with Crippen molar-refractivity contribution in [3.63, 3.8) is 0 Å². The second kappa shape index (κ2) is 17.3. The molecule has 0 fully saturated rings. The molecule has 0 spiro atoms. The Bertz CT molecular complexity index is 3140. The van der Waals surface area contributed by atoms with Gasteiger partial charge in [-0.1, -0.05) is 153 Å². The molecule has 3 heterocycles. The third-order valence-electron chi connectivity index (χ3n) is 11.0. The summed E-state index contributed by atoms with van der Waals surface area (Å²) in [5, 5.41) is 9.99. The zero-order valence-corrected chi connectivity index (χ0v) is 36.7. The Morgan fingerprint density at radius 2 is 1.37 bits per heavy atom. The van der Waals surface area contributed by atoms with Gasteiger partial charge in [-0.2, -0.15) is 0 Å². The van der Waals surface area contributed by atoms with Crippen LogP contribution in [-0.2, 0) is 26.7 Å². The van der Waals surface area contributed by atoms with Crippen molar-refractivity contribution in [2.24, 2.45) is 0 Å². The van der Waals surface area contributed by atoms with Gasteiger partial charge in [0.1, 0.15) is 0 Å². The molecule has 59 heavy (non-hydrogen) atoms. The van der Waals surface area contributed by atoms with Crippen LogP contribution < -0.4 is 0 Å². The summed E-state index contributed by atoms with van der Waals surface area (Å²) in [6.07, 6.45) is 1.39. The van der Waals surface area contributed by atoms with E-state index in [1.54, 1.807) is 29.5 Å². The quantitative estimate of drug-likeness (QED) is 0.118. The van der Waals surface area contributed by atoms with Crippen LogP contribution >= 0.6 is 11.3 Å². The number of benzene rings is 7. The van der Waals surface area contributed by atoms with Crippen molar-refractivity contribution in [3.8, 4) is 33.8 Å². The second-order valence-electron chi connectivity index (χ2n) is 15.5. The molecule has 5 heteroatoms. The first kappa shape index (κ1) is 36.4. The van der Waals surface area contributed by atoms with E-state index in [0.717, 1.165) is 40.2 Å². The Balaban J connectivity index is 0.000000263. The molecule has 10 rings (SSSR count). The Hall–Kier alpha value is -5.71. The van der Waals surface area contributed by atoms with Gasteiger partial charge in [-0.3, -0.25) is 16.3 Å². The van der Waals surface area contributed by atoms with Gasteiger partial charge in [-0.05, 0) is 97.5 Å². The minimum atomic E-state index is -2.09. The van der Waals surface area contributed by atoms with Crippen molar-refractivity contribution in [1.82, 2.24) is 14.5 Å². The number of hydrogen-bond acceptors (Lipinski definition) is 3. The Kier molecular flexibility index (Phi) is 10.6. The van der Waals surface area contributed by atoms with Gasteiger partial charge >= 0.3 is 0 Å². The fourth-order valence-electron chi connectivity index (χ4n) is 8.08. The molecule has 7 aromatic carbocycles. The molecule has 3 nitrogen and oxygen atoms in total. The van der Waals surface area contributed by atoms with Crippen LogP contribution in [0.4, 0.5) is 0 Å². The summed E-state index contributed by atoms with van der Waals surface area (Å²) >= 11 is 1.68. The predicted octanol–water partition coefficient (Wildman–Crippen LogP) is 14.8. The van der Waals surface area contributed by atoms with Crippen LogP contribution in [-0.4, -0.2) is 14.5 Å². The molecule has 0 unspecified atom stereocenters. The fourth-order valence-corrected chi connectivity index (χ4v) is 8.90. The molecule has 0 saturated heterocycles. The number of aryl methyl sites for hydroxylation is 1. The smallest absolute Gasteiger partial charge is 0.0770 e. The summed E-state index contributed by atoms with van der Waals surface area (Å²) in [7, 11) is 0. The van der Waals surface area contributed by atoms with Crippen LogP contribution in [0, 0.1) is 18.3 Å². The Labute approximate surface area is 369 Å². The summed E-state index contributed by atoms with van der Waals surface area (Å²) in [6, 6.07) is 55.9. The van der Waals surface area contributed by atoms with Crippen molar-refractivity contribution >= 4 is 54.0 Å². The van der Waals surface area contributed by atoms with Crippen LogP contribution in [0.5, 0.6) is 0 Å². The molecule has 0 aliphatic heterocycles. The van der Waals surface area contributed by atoms with E-state index in [-0.39, 0.29) is 25.7 Å². The number of rotatable bonds is 7. The largest absolute Gasteiger partial charge is 0.360 e. The summed E-state index contributed by atoms with van der Waals surface area (Å²) in [4.78, 5) is 9.39. The third kappa shape index (κ3) is 8.03. The molecule has 0 atom stereocenters. The van der Waals surface area contributed by atoms with E-state index >= 15 is 0 Å². The standard InChI is InChI=1S/C42H35N2S.C12H10N.Ir/c1-26(2)32-12-9-13-33(27(3)4)37(32)24-44-40-15-8-7-14-39(40)43-42(44)38-25-45-41-21-20-31(23-36(38)41)30-19-18-29-17-16-28-10-5-6-11-34(28)35(29)22-30;1-10-7-8-12(13-9-10)11-5-3-2-4-6-11;/h5-23,26-27H,24H2,1-4H3;2-5,7-9H,1H3;/q2*-1;/i;1D3;. The number of thiophene rings is 1. The Morgan fingerprint density at radius 1 is 0.678 bits per heavy atom. The molecule has 1 radical (unpaired) electrons. The number of hydrogen-bond donors (Lipinski definition) is 0.